The average Bonchev–Trinajstić information content (AvgIpc) is 3.04. The van der Waals surface area contributed by atoms with Crippen molar-refractivity contribution in [3.05, 3.63) is 0 Å². The number of rotatable bonds is 18. The smallest absolute Gasteiger partial charge is 0.240 e. The highest BCUT2D eigenvalue weighted by Crippen LogP contribution is 2.67. The van der Waals surface area contributed by atoms with Crippen LogP contribution in [0.5, 0.6) is 0 Å². The quantitative estimate of drug-likeness (QED) is 0.0594. The summed E-state index contributed by atoms with van der Waals surface area (Å²) in [6, 6.07) is 0. The van der Waals surface area contributed by atoms with E-state index in [1.807, 2.05) is 0 Å². The highest BCUT2D eigenvalue weighted by atomic mass is 35.5. The first-order valence-corrected chi connectivity index (χ1v) is 13.4. The van der Waals surface area contributed by atoms with Gasteiger partial charge in [-0.25, -0.2) is 19.4 Å². The average molecular weight is 1060 g/mol. The van der Waals surface area contributed by atoms with Crippen LogP contribution in [0.25, 0.3) is 0 Å². The van der Waals surface area contributed by atoms with E-state index in [1.54, 1.807) is 0 Å². The lowest BCUT2D eigenvalue weighted by molar-refractivity contribution is -0.459. The molecule has 0 N–H and O–H groups in total. The van der Waals surface area contributed by atoms with Crippen LogP contribution in [0.1, 0.15) is 0 Å². The SMILES string of the molecule is O=C(OOC(=O)C(F)(F)C(F)(F)C(F)(F)C(F)(F)C(F)(F)C(F)(F)C(F)(F)C(F)(F)C(F)(F)Cl)C(F)(F)C(F)(F)C(F)(F)C(F)(F)C(F)(F)C(F)(F)C(F)(F)C(F)(F)C(F)(F)Cl. The van der Waals surface area contributed by atoms with Crippen LogP contribution in [0.2, 0.25) is 0 Å². The van der Waals surface area contributed by atoms with Gasteiger partial charge in [0, 0.05) is 0 Å². The predicted molar refractivity (Wildman–Crippen MR) is 113 cm³/mol. The Bertz CT molecular complexity index is 1560. The zero-order chi connectivity index (χ0) is 51.6. The summed E-state index contributed by atoms with van der Waals surface area (Å²) in [6.45, 7) is 0. The molecule has 42 heteroatoms. The van der Waals surface area contributed by atoms with Crippen LogP contribution in [0.4, 0.5) is 158 Å². The fourth-order valence-corrected chi connectivity index (χ4v) is 3.40. The molecule has 0 bridgehead atoms. The van der Waals surface area contributed by atoms with Crippen LogP contribution in [-0.4, -0.2) is 117 Å². The van der Waals surface area contributed by atoms with Gasteiger partial charge in [0.2, 0.25) is 0 Å². The summed E-state index contributed by atoms with van der Waals surface area (Å²) in [4.78, 5) is 25.1. The van der Waals surface area contributed by atoms with E-state index in [0.717, 1.165) is 0 Å². The summed E-state index contributed by atoms with van der Waals surface area (Å²) in [5.74, 6) is -159. The van der Waals surface area contributed by atoms with Crippen LogP contribution < -0.4 is 0 Å². The first kappa shape index (κ1) is 59.0. The number of hydrogen-bond acceptors (Lipinski definition) is 4. The molecule has 0 saturated carbocycles. The Kier molecular flexibility index (Phi) is 14.0. The lowest BCUT2D eigenvalue weighted by Crippen LogP contribution is -2.76. The highest BCUT2D eigenvalue weighted by molar-refractivity contribution is 6.22. The Morgan fingerprint density at radius 3 is 0.468 bits per heavy atom. The molecule has 370 valence electrons. The van der Waals surface area contributed by atoms with Crippen LogP contribution in [-0.2, 0) is 19.4 Å². The highest BCUT2D eigenvalue weighted by Gasteiger charge is 2.99. The maximum atomic E-state index is 13.8. The Labute approximate surface area is 319 Å². The second-order valence-corrected chi connectivity index (χ2v) is 11.9. The molecule has 0 aromatic heterocycles. The fourth-order valence-electron chi connectivity index (χ4n) is 3.16. The summed E-state index contributed by atoms with van der Waals surface area (Å²) < 4.78 is 485. The van der Waals surface area contributed by atoms with Crippen LogP contribution in [0.15, 0.2) is 0 Å². The molecule has 0 atom stereocenters. The minimum atomic E-state index is -9.66. The van der Waals surface area contributed by atoms with Crippen molar-refractivity contribution in [3.8, 4) is 0 Å². The largest absolute Gasteiger partial charge is 0.431 e. The van der Waals surface area contributed by atoms with E-state index in [-0.39, 0.29) is 0 Å². The van der Waals surface area contributed by atoms with E-state index in [2.05, 4.69) is 23.2 Å². The zero-order valence-corrected chi connectivity index (χ0v) is 27.5. The molecule has 0 radical (unpaired) electrons. The Hall–Kier alpha value is -3.00. The third kappa shape index (κ3) is 7.16. The van der Waals surface area contributed by atoms with Crippen LogP contribution in [0.3, 0.4) is 0 Å². The van der Waals surface area contributed by atoms with Crippen molar-refractivity contribution in [1.82, 2.24) is 0 Å². The molecule has 0 saturated heterocycles. The van der Waals surface area contributed by atoms with Crippen LogP contribution in [0, 0.1) is 0 Å². The molecule has 0 amide bonds. The van der Waals surface area contributed by atoms with Gasteiger partial charge in [0.15, 0.2) is 0 Å². The predicted octanol–water partition coefficient (Wildman–Crippen LogP) is 11.8. The van der Waals surface area contributed by atoms with E-state index in [0.29, 0.717) is 0 Å². The van der Waals surface area contributed by atoms with Gasteiger partial charge in [-0.3, -0.25) is 0 Å². The van der Waals surface area contributed by atoms with Gasteiger partial charge in [-0.15, -0.1) is 0 Å². The van der Waals surface area contributed by atoms with Gasteiger partial charge in [-0.1, -0.05) is 0 Å². The summed E-state index contributed by atoms with van der Waals surface area (Å²) >= 11 is 6.37. The molecule has 0 aliphatic heterocycles. The number of alkyl halides is 38. The lowest BCUT2D eigenvalue weighted by atomic mass is 9.87. The monoisotopic (exact) mass is 1060 g/mol. The molecule has 0 fully saturated rings. The molecular formula is C20Cl2F36O4. The number of halogens is 38. The third-order valence-electron chi connectivity index (χ3n) is 6.94. The molecule has 0 spiro atoms. The first-order chi connectivity index (χ1) is 26.0. The normalized spacial score (nSPS) is 16.7. The standard InChI is InChI=1S/C20Cl2F36O4/c21-19(55,56)17(51,52)15(47,48)13(43,44)11(39,40)9(35,36)7(31,32)5(27,28)3(23,24)1(59)61-62-2(60)4(25,26)6(29,30)8(33,34)10(37,38)12(41,42)14(45,46)16(49,50)18(53,54)20(22,57)58. The molecule has 0 aliphatic carbocycles. The minimum Gasteiger partial charge on any atom is -0.240 e. The fraction of sp³-hybridized carbons (Fsp3) is 0.900. The van der Waals surface area contributed by atoms with Gasteiger partial charge >= 0.3 is 117 Å². The topological polar surface area (TPSA) is 52.6 Å². The third-order valence-corrected chi connectivity index (χ3v) is 7.41. The number of hydrogen-bond donors (Lipinski definition) is 0. The second kappa shape index (κ2) is 14.8. The van der Waals surface area contributed by atoms with Crippen molar-refractivity contribution in [2.24, 2.45) is 0 Å². The molecule has 0 unspecified atom stereocenters. The number of carbonyl (C=O) groups is 2. The molecule has 0 aromatic rings. The van der Waals surface area contributed by atoms with Crippen LogP contribution >= 0.6 is 23.2 Å². The molecule has 0 rings (SSSR count). The zero-order valence-electron chi connectivity index (χ0n) is 26.0. The summed E-state index contributed by atoms with van der Waals surface area (Å²) in [5, 5.41) is -14.7. The van der Waals surface area contributed by atoms with E-state index >= 15 is 0 Å². The van der Waals surface area contributed by atoms with Gasteiger partial charge in [-0.2, -0.15) is 158 Å². The summed E-state index contributed by atoms with van der Waals surface area (Å²) in [6.07, 6.45) is 0. The van der Waals surface area contributed by atoms with E-state index in [1.165, 1.54) is 9.78 Å². The molecule has 0 aromatic carbocycles. The van der Waals surface area contributed by atoms with E-state index in [9.17, 15) is 168 Å². The van der Waals surface area contributed by atoms with Gasteiger partial charge in [-0.05, 0) is 23.2 Å². The maximum absolute atomic E-state index is 13.8. The van der Waals surface area contributed by atoms with Crippen molar-refractivity contribution in [3.63, 3.8) is 0 Å². The maximum Gasteiger partial charge on any atom is 0.431 e. The van der Waals surface area contributed by atoms with Crippen molar-refractivity contribution < 1.29 is 177 Å². The van der Waals surface area contributed by atoms with Gasteiger partial charge in [0.05, 0.1) is 0 Å². The van der Waals surface area contributed by atoms with Crippen molar-refractivity contribution in [2.75, 3.05) is 0 Å². The molecule has 62 heavy (non-hydrogen) atoms. The van der Waals surface area contributed by atoms with Crippen molar-refractivity contribution >= 4 is 35.1 Å². The first-order valence-electron chi connectivity index (χ1n) is 12.7. The molecular weight excluding hydrogens is 1060 g/mol. The summed E-state index contributed by atoms with van der Waals surface area (Å²) in [5.41, 5.74) is 0. The Morgan fingerprint density at radius 2 is 0.339 bits per heavy atom. The second-order valence-electron chi connectivity index (χ2n) is 10.9. The van der Waals surface area contributed by atoms with Crippen molar-refractivity contribution in [2.45, 2.75) is 106 Å². The van der Waals surface area contributed by atoms with E-state index < -0.39 is 117 Å². The Balaban J connectivity index is 7.09. The minimum absolute atomic E-state index is 1.54. The summed E-state index contributed by atoms with van der Waals surface area (Å²) in [7, 11) is 0. The molecule has 0 heterocycles. The van der Waals surface area contributed by atoms with Gasteiger partial charge in [0.25, 0.3) is 0 Å². The van der Waals surface area contributed by atoms with E-state index in [4.69, 9.17) is 0 Å². The lowest BCUT2D eigenvalue weighted by Gasteiger charge is -2.43. The Morgan fingerprint density at radius 1 is 0.226 bits per heavy atom. The van der Waals surface area contributed by atoms with Gasteiger partial charge < -0.3 is 0 Å². The number of carbonyl (C=O) groups excluding carboxylic acids is 2. The van der Waals surface area contributed by atoms with Gasteiger partial charge in [0.1, 0.15) is 0 Å². The van der Waals surface area contributed by atoms with Crippen molar-refractivity contribution in [1.29, 1.82) is 0 Å². The molecule has 4 nitrogen and oxygen atoms in total. The molecule has 0 aliphatic rings.